The van der Waals surface area contributed by atoms with Crippen molar-refractivity contribution in [2.75, 3.05) is 9.80 Å². The SMILES string of the molecule is CC1(C)c2ccccc2-c2ccc(N(c3ccc4c(c3)C(C)(C)c3c-4oc4c3C(C)(C)c3cc(N(c5ccccc5)c5ccc([Si](C)(C)C)cc5)ccc3-4)c3ccccc3-c3ccccc3)cc21. The molecule has 1 heterocycles. The van der Waals surface area contributed by atoms with E-state index in [9.17, 15) is 0 Å². The Labute approximate surface area is 403 Å². The second-order valence-corrected chi connectivity index (χ2v) is 26.9. The van der Waals surface area contributed by atoms with Gasteiger partial charge in [-0.1, -0.05) is 176 Å². The van der Waals surface area contributed by atoms with Crippen LogP contribution in [-0.2, 0) is 16.2 Å². The molecule has 0 bridgehead atoms. The molecule has 0 aliphatic heterocycles. The molecule has 0 N–H and O–H groups in total. The minimum Gasteiger partial charge on any atom is -0.455 e. The van der Waals surface area contributed by atoms with Crippen LogP contribution in [0.3, 0.4) is 0 Å². The van der Waals surface area contributed by atoms with Gasteiger partial charge in [0.05, 0.1) is 13.8 Å². The Morgan fingerprint density at radius 3 is 1.35 bits per heavy atom. The number of hydrogen-bond donors (Lipinski definition) is 0. The fourth-order valence-electron chi connectivity index (χ4n) is 12.0. The van der Waals surface area contributed by atoms with Crippen molar-refractivity contribution in [1.82, 2.24) is 0 Å². The highest BCUT2D eigenvalue weighted by Gasteiger charge is 2.50. The van der Waals surface area contributed by atoms with Crippen molar-refractivity contribution in [3.05, 3.63) is 221 Å². The van der Waals surface area contributed by atoms with Gasteiger partial charge in [0.2, 0.25) is 0 Å². The first-order chi connectivity index (χ1) is 32.6. The standard InChI is InChI=1S/C64H58N2OSi/c1-62(2)53-26-18-16-25-49(53)50-35-30-45(39-54(50)62)66(57-27-19-17-24-48(57)41-20-12-10-13-21-41)46-32-37-52-56(40-46)64(5,6)59-58-60(67-61(52)59)51-36-31-44(38-55(51)63(58,3)4)65(42-22-14-11-15-23-42)43-28-33-47(34-29-43)68(7,8)9/h10-40H,1-9H3. The number of fused-ring (bicyclic) bond motifs is 10. The van der Waals surface area contributed by atoms with E-state index in [1.54, 1.807) is 0 Å². The topological polar surface area (TPSA) is 19.6 Å². The van der Waals surface area contributed by atoms with E-state index < -0.39 is 8.07 Å². The second-order valence-electron chi connectivity index (χ2n) is 21.8. The summed E-state index contributed by atoms with van der Waals surface area (Å²) in [7, 11) is -1.46. The molecule has 0 spiro atoms. The molecule has 8 aromatic carbocycles. The van der Waals surface area contributed by atoms with Gasteiger partial charge >= 0.3 is 0 Å². The van der Waals surface area contributed by atoms with Crippen molar-refractivity contribution in [3.63, 3.8) is 0 Å². The van der Waals surface area contributed by atoms with Gasteiger partial charge in [-0.25, -0.2) is 0 Å². The van der Waals surface area contributed by atoms with Crippen LogP contribution in [0.1, 0.15) is 74.9 Å². The summed E-state index contributed by atoms with van der Waals surface area (Å²) in [4.78, 5) is 4.89. The normalized spacial score (nSPS) is 15.2. The summed E-state index contributed by atoms with van der Waals surface area (Å²) >= 11 is 0. The summed E-state index contributed by atoms with van der Waals surface area (Å²) in [6.07, 6.45) is 0. The quantitative estimate of drug-likeness (QED) is 0.142. The molecule has 3 nitrogen and oxygen atoms in total. The lowest BCUT2D eigenvalue weighted by molar-refractivity contribution is 0.592. The summed E-state index contributed by atoms with van der Waals surface area (Å²) < 4.78 is 7.23. The molecule has 4 heteroatoms. The van der Waals surface area contributed by atoms with Crippen LogP contribution in [0, 0.1) is 0 Å². The van der Waals surface area contributed by atoms with Crippen LogP contribution < -0.4 is 15.0 Å². The molecule has 0 amide bonds. The van der Waals surface area contributed by atoms with E-state index >= 15 is 0 Å². The second kappa shape index (κ2) is 14.9. The van der Waals surface area contributed by atoms with Gasteiger partial charge in [-0.3, -0.25) is 0 Å². The first-order valence-electron chi connectivity index (χ1n) is 24.3. The minimum atomic E-state index is -1.46. The average Bonchev–Trinajstić information content (AvgIpc) is 3.99. The largest absolute Gasteiger partial charge is 0.455 e. The Balaban J connectivity index is 0.969. The van der Waals surface area contributed by atoms with Crippen LogP contribution in [0.5, 0.6) is 0 Å². The molecule has 3 aliphatic carbocycles. The maximum Gasteiger partial charge on any atom is 0.139 e. The maximum absolute atomic E-state index is 7.23. The molecular weight excluding hydrogens is 841 g/mol. The lowest BCUT2D eigenvalue weighted by Crippen LogP contribution is -2.37. The summed E-state index contributed by atoms with van der Waals surface area (Å²) in [5, 5.41) is 1.46. The van der Waals surface area contributed by atoms with Crippen molar-refractivity contribution in [2.45, 2.75) is 77.4 Å². The molecule has 0 fully saturated rings. The molecule has 68 heavy (non-hydrogen) atoms. The van der Waals surface area contributed by atoms with Crippen molar-refractivity contribution in [3.8, 4) is 44.9 Å². The lowest BCUT2D eigenvalue weighted by Gasteiger charge is -2.32. The fraction of sp³-hybridized carbons (Fsp3) is 0.188. The van der Waals surface area contributed by atoms with E-state index in [-0.39, 0.29) is 16.2 Å². The highest BCUT2D eigenvalue weighted by atomic mass is 28.3. The number of furan rings is 1. The Hall–Kier alpha value is -7.14. The number of nitrogens with zero attached hydrogens (tertiary/aromatic N) is 2. The molecule has 12 rings (SSSR count). The highest BCUT2D eigenvalue weighted by Crippen LogP contribution is 2.62. The molecule has 0 unspecified atom stereocenters. The summed E-state index contributed by atoms with van der Waals surface area (Å²) in [5.41, 5.74) is 21.4. The van der Waals surface area contributed by atoms with Gasteiger partial charge in [0.25, 0.3) is 0 Å². The molecule has 0 saturated heterocycles. The van der Waals surface area contributed by atoms with Gasteiger partial charge in [-0.2, -0.15) is 0 Å². The zero-order valence-electron chi connectivity index (χ0n) is 40.7. The van der Waals surface area contributed by atoms with E-state index in [0.717, 1.165) is 45.6 Å². The van der Waals surface area contributed by atoms with E-state index in [1.807, 2.05) is 0 Å². The molecule has 9 aromatic rings. The average molecular weight is 899 g/mol. The molecule has 334 valence electrons. The van der Waals surface area contributed by atoms with Crippen molar-refractivity contribution >= 4 is 47.4 Å². The molecule has 3 aliphatic rings. The van der Waals surface area contributed by atoms with Crippen molar-refractivity contribution in [2.24, 2.45) is 0 Å². The van der Waals surface area contributed by atoms with Gasteiger partial charge in [0.1, 0.15) is 11.5 Å². The number of hydrogen-bond acceptors (Lipinski definition) is 3. The summed E-state index contributed by atoms with van der Waals surface area (Å²) in [5.74, 6) is 2.02. The zero-order chi connectivity index (χ0) is 46.9. The predicted molar refractivity (Wildman–Crippen MR) is 289 cm³/mol. The number of anilines is 6. The number of benzene rings is 8. The molecular formula is C64H58N2OSi. The third-order valence-corrected chi connectivity index (χ3v) is 17.6. The van der Waals surface area contributed by atoms with Crippen LogP contribution in [0.2, 0.25) is 19.6 Å². The third kappa shape index (κ3) is 6.23. The Bertz CT molecular complexity index is 3460. The maximum atomic E-state index is 7.23. The number of para-hydroxylation sites is 2. The first kappa shape index (κ1) is 42.2. The van der Waals surface area contributed by atoms with E-state index in [0.29, 0.717) is 0 Å². The summed E-state index contributed by atoms with van der Waals surface area (Å²) in [6, 6.07) is 69.8. The fourth-order valence-corrected chi connectivity index (χ4v) is 13.1. The minimum absolute atomic E-state index is 0.134. The van der Waals surface area contributed by atoms with E-state index in [1.165, 1.54) is 71.9 Å². The van der Waals surface area contributed by atoms with E-state index in [4.69, 9.17) is 4.42 Å². The van der Waals surface area contributed by atoms with E-state index in [2.05, 4.69) is 259 Å². The van der Waals surface area contributed by atoms with Gasteiger partial charge < -0.3 is 14.2 Å². The van der Waals surface area contributed by atoms with Crippen LogP contribution in [0.15, 0.2) is 192 Å². The van der Waals surface area contributed by atoms with Crippen LogP contribution in [0.4, 0.5) is 34.1 Å². The first-order valence-corrected chi connectivity index (χ1v) is 27.8. The smallest absolute Gasteiger partial charge is 0.139 e. The highest BCUT2D eigenvalue weighted by molar-refractivity contribution is 6.88. The predicted octanol–water partition coefficient (Wildman–Crippen LogP) is 17.4. The van der Waals surface area contributed by atoms with Crippen molar-refractivity contribution < 1.29 is 4.42 Å². The summed E-state index contributed by atoms with van der Waals surface area (Å²) in [6.45, 7) is 21.6. The van der Waals surface area contributed by atoms with Gasteiger partial charge in [-0.15, -0.1) is 0 Å². The Morgan fingerprint density at radius 2 is 0.779 bits per heavy atom. The van der Waals surface area contributed by atoms with Crippen molar-refractivity contribution in [1.29, 1.82) is 0 Å². The Kier molecular flexibility index (Phi) is 9.27. The molecule has 0 radical (unpaired) electrons. The van der Waals surface area contributed by atoms with Crippen LogP contribution in [0.25, 0.3) is 44.9 Å². The monoisotopic (exact) mass is 898 g/mol. The van der Waals surface area contributed by atoms with Crippen LogP contribution in [-0.4, -0.2) is 8.07 Å². The third-order valence-electron chi connectivity index (χ3n) is 15.6. The van der Waals surface area contributed by atoms with Gasteiger partial charge in [0.15, 0.2) is 0 Å². The zero-order valence-corrected chi connectivity index (χ0v) is 41.7. The molecule has 1 aromatic heterocycles. The molecule has 0 saturated carbocycles. The van der Waals surface area contributed by atoms with Gasteiger partial charge in [-0.05, 0) is 118 Å². The van der Waals surface area contributed by atoms with Crippen LogP contribution >= 0.6 is 0 Å². The number of rotatable bonds is 8. The molecule has 0 atom stereocenters. The van der Waals surface area contributed by atoms with Gasteiger partial charge in [0, 0.05) is 72.5 Å². The Morgan fingerprint density at radius 1 is 0.353 bits per heavy atom. The lowest BCUT2D eigenvalue weighted by atomic mass is 9.74.